The van der Waals surface area contributed by atoms with Gasteiger partial charge in [0.25, 0.3) is 0 Å². The van der Waals surface area contributed by atoms with Gasteiger partial charge in [-0.15, -0.1) is 0 Å². The predicted molar refractivity (Wildman–Crippen MR) is 39.8 cm³/mol. The molecule has 0 radical (unpaired) electrons. The fraction of sp³-hybridized carbons (Fsp3) is 0.833. The Balaban J connectivity index is 3.43. The first-order chi connectivity index (χ1) is 4.52. The summed E-state index contributed by atoms with van der Waals surface area (Å²) in [7, 11) is 0. The summed E-state index contributed by atoms with van der Waals surface area (Å²) in [5.41, 5.74) is 4.91. The lowest BCUT2D eigenvalue weighted by Crippen LogP contribution is -2.40. The van der Waals surface area contributed by atoms with Crippen LogP contribution in [-0.4, -0.2) is 24.0 Å². The van der Waals surface area contributed by atoms with E-state index in [2.05, 4.69) is 0 Å². The fourth-order valence-electron chi connectivity index (χ4n) is 0.734. The van der Waals surface area contributed by atoms with E-state index < -0.39 is 0 Å². The minimum atomic E-state index is -0.386. The van der Waals surface area contributed by atoms with Gasteiger partial charge in [-0.25, -0.2) is 5.01 Å². The largest absolute Gasteiger partial charge is 0.369 e. The molecule has 0 atom stereocenters. The number of amides is 1. The predicted octanol–water partition coefficient (Wildman–Crippen LogP) is -0.697. The molecular formula is C6H15N3O. The molecule has 1 amide bonds. The Bertz CT molecular complexity index is 114. The smallest absolute Gasteiger partial charge is 0.233 e. The maximum absolute atomic E-state index is 10.3. The third kappa shape index (κ3) is 5.53. The van der Waals surface area contributed by atoms with Gasteiger partial charge in [0.2, 0.25) is 5.91 Å². The summed E-state index contributed by atoms with van der Waals surface area (Å²) in [6.45, 7) is 4.89. The minimum Gasteiger partial charge on any atom is -0.369 e. The number of hydrogen-bond donors (Lipinski definition) is 2. The topological polar surface area (TPSA) is 72.3 Å². The molecule has 0 aromatic heterocycles. The molecule has 0 fully saturated rings. The molecule has 0 bridgehead atoms. The summed E-state index contributed by atoms with van der Waals surface area (Å²) in [4.78, 5) is 10.3. The molecule has 10 heavy (non-hydrogen) atoms. The Labute approximate surface area is 61.1 Å². The van der Waals surface area contributed by atoms with E-state index in [4.69, 9.17) is 11.6 Å². The molecule has 0 rings (SSSR count). The highest BCUT2D eigenvalue weighted by Gasteiger charge is 2.03. The van der Waals surface area contributed by atoms with Gasteiger partial charge in [-0.05, 0) is 5.92 Å². The number of primary amides is 1. The van der Waals surface area contributed by atoms with Gasteiger partial charge in [0.05, 0.1) is 6.54 Å². The van der Waals surface area contributed by atoms with Crippen LogP contribution >= 0.6 is 0 Å². The van der Waals surface area contributed by atoms with E-state index in [-0.39, 0.29) is 12.5 Å². The highest BCUT2D eigenvalue weighted by atomic mass is 16.1. The van der Waals surface area contributed by atoms with Gasteiger partial charge in [-0.1, -0.05) is 13.8 Å². The van der Waals surface area contributed by atoms with Crippen LogP contribution in [-0.2, 0) is 4.79 Å². The Kier molecular flexibility index (Phi) is 3.99. The maximum Gasteiger partial charge on any atom is 0.233 e. The zero-order valence-corrected chi connectivity index (χ0v) is 6.50. The molecule has 0 aromatic carbocycles. The molecule has 0 spiro atoms. The summed E-state index contributed by atoms with van der Waals surface area (Å²) in [5, 5.41) is 1.42. The van der Waals surface area contributed by atoms with E-state index in [9.17, 15) is 4.79 Å². The van der Waals surface area contributed by atoms with E-state index in [1.807, 2.05) is 13.8 Å². The third-order valence-electron chi connectivity index (χ3n) is 0.959. The molecular weight excluding hydrogens is 130 g/mol. The van der Waals surface area contributed by atoms with Crippen LogP contribution < -0.4 is 11.6 Å². The molecule has 0 heterocycles. The van der Waals surface area contributed by atoms with E-state index in [0.717, 1.165) is 0 Å². The SMILES string of the molecule is CC(C)CN(N)CC(N)=O. The first kappa shape index (κ1) is 9.39. The lowest BCUT2D eigenvalue weighted by atomic mass is 10.2. The van der Waals surface area contributed by atoms with Crippen molar-refractivity contribution in [3.05, 3.63) is 0 Å². The van der Waals surface area contributed by atoms with E-state index >= 15 is 0 Å². The van der Waals surface area contributed by atoms with Crippen molar-refractivity contribution >= 4 is 5.91 Å². The van der Waals surface area contributed by atoms with Gasteiger partial charge in [-0.2, -0.15) is 0 Å². The minimum absolute atomic E-state index is 0.137. The summed E-state index contributed by atoms with van der Waals surface area (Å²) in [6, 6.07) is 0. The van der Waals surface area contributed by atoms with Gasteiger partial charge >= 0.3 is 0 Å². The van der Waals surface area contributed by atoms with E-state index in [1.165, 1.54) is 5.01 Å². The van der Waals surface area contributed by atoms with Crippen LogP contribution in [0.5, 0.6) is 0 Å². The molecule has 4 nitrogen and oxygen atoms in total. The third-order valence-corrected chi connectivity index (χ3v) is 0.959. The van der Waals surface area contributed by atoms with Crippen molar-refractivity contribution in [3.8, 4) is 0 Å². The number of hydrogen-bond acceptors (Lipinski definition) is 3. The van der Waals surface area contributed by atoms with Crippen LogP contribution in [0.4, 0.5) is 0 Å². The van der Waals surface area contributed by atoms with Gasteiger partial charge in [0.15, 0.2) is 0 Å². The Morgan fingerprint density at radius 1 is 1.60 bits per heavy atom. The van der Waals surface area contributed by atoms with Crippen molar-refractivity contribution < 1.29 is 4.79 Å². The van der Waals surface area contributed by atoms with Crippen molar-refractivity contribution in [2.45, 2.75) is 13.8 Å². The summed E-state index contributed by atoms with van der Waals surface area (Å²) in [6.07, 6.45) is 0. The van der Waals surface area contributed by atoms with Crippen molar-refractivity contribution in [3.63, 3.8) is 0 Å². The van der Waals surface area contributed by atoms with Crippen molar-refractivity contribution in [1.29, 1.82) is 0 Å². The zero-order valence-electron chi connectivity index (χ0n) is 6.50. The molecule has 4 heteroatoms. The Morgan fingerprint density at radius 2 is 2.10 bits per heavy atom. The normalized spacial score (nSPS) is 10.9. The number of carbonyl (C=O) groups excluding carboxylic acids is 1. The van der Waals surface area contributed by atoms with Gasteiger partial charge < -0.3 is 5.73 Å². The first-order valence-corrected chi connectivity index (χ1v) is 3.30. The van der Waals surface area contributed by atoms with Crippen LogP contribution in [0.15, 0.2) is 0 Å². The second kappa shape index (κ2) is 4.24. The lowest BCUT2D eigenvalue weighted by Gasteiger charge is -2.15. The van der Waals surface area contributed by atoms with Crippen molar-refractivity contribution in [1.82, 2.24) is 5.01 Å². The van der Waals surface area contributed by atoms with Gasteiger partial charge in [-0.3, -0.25) is 10.6 Å². The lowest BCUT2D eigenvalue weighted by molar-refractivity contribution is -0.119. The molecule has 0 aromatic rings. The maximum atomic E-state index is 10.3. The monoisotopic (exact) mass is 145 g/mol. The number of hydrazine groups is 1. The van der Waals surface area contributed by atoms with E-state index in [1.54, 1.807) is 0 Å². The molecule has 4 N–H and O–H groups in total. The Morgan fingerprint density at radius 3 is 2.40 bits per heavy atom. The molecule has 0 saturated heterocycles. The molecule has 0 aliphatic rings. The number of nitrogens with zero attached hydrogens (tertiary/aromatic N) is 1. The van der Waals surface area contributed by atoms with Crippen molar-refractivity contribution in [2.24, 2.45) is 17.5 Å². The molecule has 0 unspecified atom stereocenters. The van der Waals surface area contributed by atoms with Crippen LogP contribution in [0.25, 0.3) is 0 Å². The number of nitrogens with two attached hydrogens (primary N) is 2. The average molecular weight is 145 g/mol. The first-order valence-electron chi connectivity index (χ1n) is 3.30. The number of rotatable bonds is 4. The average Bonchev–Trinajstić information content (AvgIpc) is 1.58. The molecule has 60 valence electrons. The number of carbonyl (C=O) groups is 1. The van der Waals surface area contributed by atoms with Crippen LogP contribution in [0, 0.1) is 5.92 Å². The highest BCUT2D eigenvalue weighted by molar-refractivity contribution is 5.75. The molecule has 0 aliphatic carbocycles. The second-order valence-corrected chi connectivity index (χ2v) is 2.79. The van der Waals surface area contributed by atoms with Gasteiger partial charge in [0.1, 0.15) is 0 Å². The second-order valence-electron chi connectivity index (χ2n) is 2.79. The van der Waals surface area contributed by atoms with Crippen LogP contribution in [0.2, 0.25) is 0 Å². The van der Waals surface area contributed by atoms with Crippen LogP contribution in [0.3, 0.4) is 0 Å². The van der Waals surface area contributed by atoms with Crippen molar-refractivity contribution in [2.75, 3.05) is 13.1 Å². The fourth-order valence-corrected chi connectivity index (χ4v) is 0.734. The zero-order chi connectivity index (χ0) is 8.15. The summed E-state index contributed by atoms with van der Waals surface area (Å²) < 4.78 is 0. The summed E-state index contributed by atoms with van der Waals surface area (Å²) in [5.74, 6) is 5.48. The molecule has 0 saturated carbocycles. The van der Waals surface area contributed by atoms with Crippen LogP contribution in [0.1, 0.15) is 13.8 Å². The van der Waals surface area contributed by atoms with E-state index in [0.29, 0.717) is 12.5 Å². The Hall–Kier alpha value is -0.610. The van der Waals surface area contributed by atoms with Gasteiger partial charge in [0, 0.05) is 6.54 Å². The standard InChI is InChI=1S/C6H15N3O/c1-5(2)3-9(8)4-6(7)10/h5H,3-4,8H2,1-2H3,(H2,7,10). The highest BCUT2D eigenvalue weighted by Crippen LogP contribution is 1.91. The quantitative estimate of drug-likeness (QED) is 0.406. The summed E-state index contributed by atoms with van der Waals surface area (Å²) >= 11 is 0. The molecule has 0 aliphatic heterocycles.